The van der Waals surface area contributed by atoms with Crippen LogP contribution in [0.2, 0.25) is 0 Å². The highest BCUT2D eigenvalue weighted by Crippen LogP contribution is 2.29. The number of rotatable bonds is 2. The highest BCUT2D eigenvalue weighted by atomic mass is 16.2. The van der Waals surface area contributed by atoms with E-state index in [-0.39, 0.29) is 6.04 Å². The summed E-state index contributed by atoms with van der Waals surface area (Å²) in [7, 11) is 0. The Kier molecular flexibility index (Phi) is 4.04. The van der Waals surface area contributed by atoms with Crippen molar-refractivity contribution in [2.24, 2.45) is 5.92 Å². The lowest BCUT2D eigenvalue weighted by atomic mass is 9.94. The van der Waals surface area contributed by atoms with Crippen LogP contribution in [-0.2, 0) is 4.79 Å². The second kappa shape index (κ2) is 5.64. The number of fused-ring (bicyclic) bond motifs is 1. The third-order valence-corrected chi connectivity index (χ3v) is 5.74. The molecule has 3 rings (SSSR count). The zero-order valence-corrected chi connectivity index (χ0v) is 13.1. The molecule has 3 saturated heterocycles. The van der Waals surface area contributed by atoms with Crippen molar-refractivity contribution >= 4 is 5.91 Å². The molecule has 3 aliphatic rings. The van der Waals surface area contributed by atoms with Crippen molar-refractivity contribution in [3.05, 3.63) is 0 Å². The highest BCUT2D eigenvalue weighted by molar-refractivity contribution is 5.82. The molecular weight excluding hydrogens is 250 g/mol. The van der Waals surface area contributed by atoms with Crippen molar-refractivity contribution in [1.29, 1.82) is 0 Å². The van der Waals surface area contributed by atoms with Gasteiger partial charge in [-0.15, -0.1) is 0 Å². The van der Waals surface area contributed by atoms with Gasteiger partial charge in [0.1, 0.15) is 0 Å². The third kappa shape index (κ3) is 2.48. The Balaban J connectivity index is 1.64. The normalized spacial score (nSPS) is 39.9. The van der Waals surface area contributed by atoms with E-state index in [0.717, 1.165) is 19.6 Å². The Hall–Kier alpha value is -0.610. The van der Waals surface area contributed by atoms with E-state index < -0.39 is 0 Å². The summed E-state index contributed by atoms with van der Waals surface area (Å²) in [5, 5.41) is 3.58. The lowest BCUT2D eigenvalue weighted by Gasteiger charge is -2.34. The summed E-state index contributed by atoms with van der Waals surface area (Å²) in [6.45, 7) is 9.65. The van der Waals surface area contributed by atoms with Gasteiger partial charge in [-0.25, -0.2) is 0 Å². The first-order chi connectivity index (χ1) is 9.58. The smallest absolute Gasteiger partial charge is 0.239 e. The Morgan fingerprint density at radius 2 is 1.85 bits per heavy atom. The number of likely N-dealkylation sites (tertiary alicyclic amines) is 2. The molecule has 0 aromatic heterocycles. The van der Waals surface area contributed by atoms with Gasteiger partial charge in [0.25, 0.3) is 0 Å². The van der Waals surface area contributed by atoms with Crippen LogP contribution in [0.5, 0.6) is 0 Å². The van der Waals surface area contributed by atoms with Crippen LogP contribution in [0, 0.1) is 5.92 Å². The number of carbonyl (C=O) groups is 1. The van der Waals surface area contributed by atoms with Crippen molar-refractivity contribution in [3.8, 4) is 0 Å². The number of nitrogens with zero attached hydrogens (tertiary/aromatic N) is 2. The Morgan fingerprint density at radius 1 is 1.15 bits per heavy atom. The summed E-state index contributed by atoms with van der Waals surface area (Å²) in [4.78, 5) is 17.4. The molecule has 0 aliphatic carbocycles. The summed E-state index contributed by atoms with van der Waals surface area (Å²) in [6, 6.07) is 1.69. The third-order valence-electron chi connectivity index (χ3n) is 5.74. The predicted molar refractivity (Wildman–Crippen MR) is 80.6 cm³/mol. The molecule has 3 fully saturated rings. The molecule has 1 amide bonds. The second-order valence-corrected chi connectivity index (χ2v) is 7.10. The highest BCUT2D eigenvalue weighted by Gasteiger charge is 2.41. The molecule has 4 heteroatoms. The van der Waals surface area contributed by atoms with Gasteiger partial charge < -0.3 is 10.2 Å². The number of carbonyl (C=O) groups excluding carboxylic acids is 1. The molecule has 3 aliphatic heterocycles. The van der Waals surface area contributed by atoms with E-state index in [4.69, 9.17) is 0 Å². The van der Waals surface area contributed by atoms with Gasteiger partial charge in [-0.05, 0) is 58.9 Å². The molecule has 0 radical (unpaired) electrons. The van der Waals surface area contributed by atoms with Crippen LogP contribution >= 0.6 is 0 Å². The average Bonchev–Trinajstić information content (AvgIpc) is 3.01. The first-order valence-electron chi connectivity index (χ1n) is 8.37. The van der Waals surface area contributed by atoms with Crippen molar-refractivity contribution in [2.75, 3.05) is 19.6 Å². The fourth-order valence-electron chi connectivity index (χ4n) is 4.60. The van der Waals surface area contributed by atoms with E-state index in [1.807, 2.05) is 0 Å². The number of nitrogens with one attached hydrogen (secondary N) is 1. The molecule has 20 heavy (non-hydrogen) atoms. The summed E-state index contributed by atoms with van der Waals surface area (Å²) < 4.78 is 0. The van der Waals surface area contributed by atoms with Crippen molar-refractivity contribution in [3.63, 3.8) is 0 Å². The lowest BCUT2D eigenvalue weighted by molar-refractivity contribution is -0.136. The van der Waals surface area contributed by atoms with Crippen LogP contribution in [-0.4, -0.2) is 59.5 Å². The number of hydrogen-bond donors (Lipinski definition) is 1. The van der Waals surface area contributed by atoms with E-state index in [9.17, 15) is 4.79 Å². The number of hydrogen-bond acceptors (Lipinski definition) is 3. The Morgan fingerprint density at radius 3 is 2.50 bits per heavy atom. The van der Waals surface area contributed by atoms with Gasteiger partial charge in [0, 0.05) is 31.2 Å². The van der Waals surface area contributed by atoms with Crippen LogP contribution in [0.25, 0.3) is 0 Å². The SMILES string of the molecule is CC1CCC(C)N1C(C)C(=O)N1CC2CCCNC2C1. The monoisotopic (exact) mass is 279 g/mol. The molecule has 5 atom stereocenters. The lowest BCUT2D eigenvalue weighted by Crippen LogP contribution is -2.50. The van der Waals surface area contributed by atoms with Gasteiger partial charge in [0.05, 0.1) is 6.04 Å². The van der Waals surface area contributed by atoms with Crippen LogP contribution < -0.4 is 5.32 Å². The topological polar surface area (TPSA) is 35.6 Å². The quantitative estimate of drug-likeness (QED) is 0.831. The van der Waals surface area contributed by atoms with Gasteiger partial charge in [0.2, 0.25) is 5.91 Å². The molecule has 5 unspecified atom stereocenters. The zero-order valence-electron chi connectivity index (χ0n) is 13.1. The molecule has 0 saturated carbocycles. The Bertz CT molecular complexity index is 349. The molecule has 114 valence electrons. The molecule has 4 nitrogen and oxygen atoms in total. The van der Waals surface area contributed by atoms with Crippen molar-refractivity contribution in [1.82, 2.24) is 15.1 Å². The van der Waals surface area contributed by atoms with E-state index in [2.05, 4.69) is 35.9 Å². The molecule has 0 aromatic rings. The fraction of sp³-hybridized carbons (Fsp3) is 0.938. The van der Waals surface area contributed by atoms with Gasteiger partial charge >= 0.3 is 0 Å². The van der Waals surface area contributed by atoms with Gasteiger partial charge in [0.15, 0.2) is 0 Å². The molecular formula is C16H29N3O. The standard InChI is InChI=1S/C16H29N3O/c1-11-6-7-12(2)19(11)13(3)16(20)18-9-14-5-4-8-17-15(14)10-18/h11-15,17H,4-10H2,1-3H3. The minimum atomic E-state index is 0.0441. The molecule has 0 spiro atoms. The Labute approximate surface area is 122 Å². The maximum Gasteiger partial charge on any atom is 0.239 e. The van der Waals surface area contributed by atoms with Gasteiger partial charge in [-0.1, -0.05) is 0 Å². The molecule has 3 heterocycles. The van der Waals surface area contributed by atoms with E-state index in [0.29, 0.717) is 30.0 Å². The molecule has 0 aromatic carbocycles. The van der Waals surface area contributed by atoms with Crippen molar-refractivity contribution < 1.29 is 4.79 Å². The first-order valence-corrected chi connectivity index (χ1v) is 8.37. The number of amides is 1. The minimum Gasteiger partial charge on any atom is -0.339 e. The summed E-state index contributed by atoms with van der Waals surface area (Å²) in [6.07, 6.45) is 5.00. The van der Waals surface area contributed by atoms with Crippen LogP contribution in [0.15, 0.2) is 0 Å². The van der Waals surface area contributed by atoms with Crippen LogP contribution in [0.4, 0.5) is 0 Å². The second-order valence-electron chi connectivity index (χ2n) is 7.10. The first kappa shape index (κ1) is 14.3. The summed E-state index contributed by atoms with van der Waals surface area (Å²) >= 11 is 0. The average molecular weight is 279 g/mol. The fourth-order valence-corrected chi connectivity index (χ4v) is 4.60. The van der Waals surface area contributed by atoms with Crippen LogP contribution in [0.3, 0.4) is 0 Å². The maximum absolute atomic E-state index is 12.8. The maximum atomic E-state index is 12.8. The summed E-state index contributed by atoms with van der Waals surface area (Å²) in [5.74, 6) is 1.04. The van der Waals surface area contributed by atoms with E-state index in [1.165, 1.54) is 25.7 Å². The van der Waals surface area contributed by atoms with Crippen LogP contribution in [0.1, 0.15) is 46.5 Å². The zero-order chi connectivity index (χ0) is 14.3. The minimum absolute atomic E-state index is 0.0441. The largest absolute Gasteiger partial charge is 0.339 e. The molecule has 0 bridgehead atoms. The predicted octanol–water partition coefficient (Wildman–Crippen LogP) is 1.46. The van der Waals surface area contributed by atoms with Gasteiger partial charge in [-0.3, -0.25) is 9.69 Å². The van der Waals surface area contributed by atoms with Gasteiger partial charge in [-0.2, -0.15) is 0 Å². The van der Waals surface area contributed by atoms with E-state index in [1.54, 1.807) is 0 Å². The molecule has 1 N–H and O–H groups in total. The van der Waals surface area contributed by atoms with E-state index >= 15 is 0 Å². The summed E-state index contributed by atoms with van der Waals surface area (Å²) in [5.41, 5.74) is 0. The number of piperidine rings is 1. The van der Waals surface area contributed by atoms with Crippen molar-refractivity contribution in [2.45, 2.75) is 70.6 Å².